The number of para-hydroxylation sites is 1. The lowest BCUT2D eigenvalue weighted by atomic mass is 10.2. The number of halogens is 1. The van der Waals surface area contributed by atoms with Crippen LogP contribution in [0.5, 0.6) is 0 Å². The molecule has 5 heteroatoms. The van der Waals surface area contributed by atoms with Crippen molar-refractivity contribution < 1.29 is 9.18 Å². The zero-order valence-electron chi connectivity index (χ0n) is 13.7. The molecule has 1 aliphatic rings. The number of carbonyl (C=O) groups is 1. The molecule has 3 nitrogen and oxygen atoms in total. The van der Waals surface area contributed by atoms with Gasteiger partial charge in [0.2, 0.25) is 5.91 Å². The average Bonchev–Trinajstić information content (AvgIpc) is 2.64. The number of piperazine rings is 1. The van der Waals surface area contributed by atoms with Gasteiger partial charge < -0.3 is 9.80 Å². The van der Waals surface area contributed by atoms with Gasteiger partial charge in [0.25, 0.3) is 0 Å². The molecule has 0 aromatic heterocycles. The van der Waals surface area contributed by atoms with Crippen LogP contribution in [0.2, 0.25) is 0 Å². The highest BCUT2D eigenvalue weighted by molar-refractivity contribution is 8.00. The zero-order valence-corrected chi connectivity index (χ0v) is 14.5. The van der Waals surface area contributed by atoms with Crippen LogP contribution in [0.15, 0.2) is 59.5 Å². The van der Waals surface area contributed by atoms with Gasteiger partial charge in [-0.25, -0.2) is 4.39 Å². The van der Waals surface area contributed by atoms with Crippen molar-refractivity contribution >= 4 is 23.4 Å². The number of rotatable bonds is 4. The molecule has 3 rings (SSSR count). The van der Waals surface area contributed by atoms with E-state index in [9.17, 15) is 9.18 Å². The van der Waals surface area contributed by atoms with Crippen molar-refractivity contribution in [2.75, 3.05) is 31.1 Å². The van der Waals surface area contributed by atoms with E-state index in [1.165, 1.54) is 29.6 Å². The summed E-state index contributed by atoms with van der Waals surface area (Å²) in [6, 6.07) is 16.6. The van der Waals surface area contributed by atoms with Gasteiger partial charge in [-0.3, -0.25) is 4.79 Å². The molecule has 1 unspecified atom stereocenters. The first-order valence-corrected chi connectivity index (χ1v) is 9.02. The molecule has 2 aromatic rings. The van der Waals surface area contributed by atoms with E-state index in [2.05, 4.69) is 17.0 Å². The Morgan fingerprint density at radius 1 is 1.00 bits per heavy atom. The first-order valence-electron chi connectivity index (χ1n) is 8.14. The summed E-state index contributed by atoms with van der Waals surface area (Å²) in [4.78, 5) is 17.8. The Hall–Kier alpha value is -2.01. The third-order valence-electron chi connectivity index (χ3n) is 4.19. The van der Waals surface area contributed by atoms with E-state index in [4.69, 9.17) is 0 Å². The van der Waals surface area contributed by atoms with Gasteiger partial charge in [0.05, 0.1) is 5.25 Å². The van der Waals surface area contributed by atoms with E-state index >= 15 is 0 Å². The molecule has 0 radical (unpaired) electrons. The highest BCUT2D eigenvalue weighted by Gasteiger charge is 2.25. The predicted octanol–water partition coefficient (Wildman–Crippen LogP) is 3.66. The number of hydrogen-bond donors (Lipinski definition) is 0. The highest BCUT2D eigenvalue weighted by atomic mass is 32.2. The Morgan fingerprint density at radius 2 is 1.62 bits per heavy atom. The van der Waals surface area contributed by atoms with E-state index in [1.807, 2.05) is 30.0 Å². The van der Waals surface area contributed by atoms with E-state index in [1.54, 1.807) is 12.1 Å². The lowest BCUT2D eigenvalue weighted by Gasteiger charge is -2.37. The molecule has 1 aliphatic heterocycles. The molecule has 1 amide bonds. The number of hydrogen-bond acceptors (Lipinski definition) is 3. The quantitative estimate of drug-likeness (QED) is 0.791. The van der Waals surface area contributed by atoms with Crippen LogP contribution in [0, 0.1) is 5.82 Å². The SMILES string of the molecule is CC(Sc1ccc(F)cc1)C(=O)N1CCN(c2ccccc2)CC1. The summed E-state index contributed by atoms with van der Waals surface area (Å²) in [5, 5.41) is -0.168. The summed E-state index contributed by atoms with van der Waals surface area (Å²) < 4.78 is 13.0. The van der Waals surface area contributed by atoms with Gasteiger partial charge in [0.15, 0.2) is 0 Å². The van der Waals surface area contributed by atoms with Crippen molar-refractivity contribution in [3.63, 3.8) is 0 Å². The predicted molar refractivity (Wildman–Crippen MR) is 97.0 cm³/mol. The van der Waals surface area contributed by atoms with Gasteiger partial charge in [-0.15, -0.1) is 11.8 Å². The van der Waals surface area contributed by atoms with Crippen LogP contribution in [-0.2, 0) is 4.79 Å². The number of carbonyl (C=O) groups excluding carboxylic acids is 1. The smallest absolute Gasteiger partial charge is 0.235 e. The summed E-state index contributed by atoms with van der Waals surface area (Å²) in [7, 11) is 0. The van der Waals surface area contributed by atoms with Crippen molar-refractivity contribution in [2.45, 2.75) is 17.1 Å². The third kappa shape index (κ3) is 4.09. The Kier molecular flexibility index (Phi) is 5.41. The Bertz CT molecular complexity index is 670. The molecule has 0 aliphatic carbocycles. The number of nitrogens with zero attached hydrogens (tertiary/aromatic N) is 2. The molecule has 1 saturated heterocycles. The molecule has 24 heavy (non-hydrogen) atoms. The molecule has 0 spiro atoms. The van der Waals surface area contributed by atoms with Gasteiger partial charge in [-0.2, -0.15) is 0 Å². The maximum atomic E-state index is 13.0. The zero-order chi connectivity index (χ0) is 16.9. The fourth-order valence-corrected chi connectivity index (χ4v) is 3.80. The normalized spacial score (nSPS) is 16.1. The molecular formula is C19H21FN2OS. The number of benzene rings is 2. The minimum atomic E-state index is -0.254. The van der Waals surface area contributed by atoms with Crippen molar-refractivity contribution in [3.8, 4) is 0 Å². The minimum absolute atomic E-state index is 0.150. The van der Waals surface area contributed by atoms with Crippen LogP contribution in [-0.4, -0.2) is 42.2 Å². The molecule has 1 atom stereocenters. The van der Waals surface area contributed by atoms with Crippen LogP contribution in [0.25, 0.3) is 0 Å². The van der Waals surface area contributed by atoms with Gasteiger partial charge in [-0.1, -0.05) is 18.2 Å². The summed E-state index contributed by atoms with van der Waals surface area (Å²) in [6.45, 7) is 5.09. The highest BCUT2D eigenvalue weighted by Crippen LogP contribution is 2.25. The fraction of sp³-hybridized carbons (Fsp3) is 0.316. The topological polar surface area (TPSA) is 23.6 Å². The Morgan fingerprint density at radius 3 is 2.25 bits per heavy atom. The fourth-order valence-electron chi connectivity index (χ4n) is 2.85. The number of thioether (sulfide) groups is 1. The maximum Gasteiger partial charge on any atom is 0.235 e. The number of anilines is 1. The third-order valence-corrected chi connectivity index (χ3v) is 5.29. The van der Waals surface area contributed by atoms with E-state index in [-0.39, 0.29) is 17.0 Å². The van der Waals surface area contributed by atoms with Gasteiger partial charge in [0.1, 0.15) is 5.82 Å². The number of amides is 1. The maximum absolute atomic E-state index is 13.0. The molecule has 126 valence electrons. The van der Waals surface area contributed by atoms with Crippen LogP contribution in [0.3, 0.4) is 0 Å². The molecule has 0 bridgehead atoms. The largest absolute Gasteiger partial charge is 0.368 e. The molecule has 0 saturated carbocycles. The van der Waals surface area contributed by atoms with Crippen molar-refractivity contribution in [1.29, 1.82) is 0 Å². The van der Waals surface area contributed by atoms with Crippen molar-refractivity contribution in [3.05, 3.63) is 60.4 Å². The summed E-state index contributed by atoms with van der Waals surface area (Å²) in [5.74, 6) is -0.104. The lowest BCUT2D eigenvalue weighted by molar-refractivity contribution is -0.130. The van der Waals surface area contributed by atoms with E-state index < -0.39 is 0 Å². The minimum Gasteiger partial charge on any atom is -0.368 e. The summed E-state index contributed by atoms with van der Waals surface area (Å²) >= 11 is 1.48. The lowest BCUT2D eigenvalue weighted by Crippen LogP contribution is -2.50. The second-order valence-corrected chi connectivity index (χ2v) is 7.28. The molecule has 0 N–H and O–H groups in total. The first kappa shape index (κ1) is 16.8. The summed E-state index contributed by atoms with van der Waals surface area (Å²) in [6.07, 6.45) is 0. The molecular weight excluding hydrogens is 323 g/mol. The second-order valence-electron chi connectivity index (χ2n) is 5.86. The first-order chi connectivity index (χ1) is 11.6. The Labute approximate surface area is 146 Å². The standard InChI is InChI=1S/C19H21FN2OS/c1-15(24-18-9-7-16(20)8-10-18)19(23)22-13-11-21(12-14-22)17-5-3-2-4-6-17/h2-10,15H,11-14H2,1H3. The van der Waals surface area contributed by atoms with Crippen LogP contribution in [0.1, 0.15) is 6.92 Å². The molecule has 2 aromatic carbocycles. The average molecular weight is 344 g/mol. The van der Waals surface area contributed by atoms with E-state index in [0.717, 1.165) is 31.1 Å². The van der Waals surface area contributed by atoms with Gasteiger partial charge >= 0.3 is 0 Å². The van der Waals surface area contributed by atoms with Crippen LogP contribution >= 0.6 is 11.8 Å². The van der Waals surface area contributed by atoms with Crippen LogP contribution in [0.4, 0.5) is 10.1 Å². The summed E-state index contributed by atoms with van der Waals surface area (Å²) in [5.41, 5.74) is 1.21. The monoisotopic (exact) mass is 344 g/mol. The van der Waals surface area contributed by atoms with Crippen molar-refractivity contribution in [2.24, 2.45) is 0 Å². The van der Waals surface area contributed by atoms with Gasteiger partial charge in [0, 0.05) is 36.8 Å². The molecule has 1 heterocycles. The van der Waals surface area contributed by atoms with E-state index in [0.29, 0.717) is 0 Å². The van der Waals surface area contributed by atoms with Crippen LogP contribution < -0.4 is 4.90 Å². The Balaban J connectivity index is 1.53. The van der Waals surface area contributed by atoms with Crippen molar-refractivity contribution in [1.82, 2.24) is 4.90 Å². The van der Waals surface area contributed by atoms with Gasteiger partial charge in [-0.05, 0) is 43.3 Å². The second kappa shape index (κ2) is 7.71. The molecule has 1 fully saturated rings.